The zero-order valence-corrected chi connectivity index (χ0v) is 7.75. The molecule has 13 heavy (non-hydrogen) atoms. The molecule has 70 valence electrons. The van der Waals surface area contributed by atoms with Crippen molar-refractivity contribution in [1.29, 1.82) is 0 Å². The normalized spacial score (nSPS) is 18.5. The van der Waals surface area contributed by atoms with E-state index in [1.54, 1.807) is 10.9 Å². The highest BCUT2D eigenvalue weighted by Crippen LogP contribution is 2.24. The molecule has 0 amide bonds. The van der Waals surface area contributed by atoms with Crippen LogP contribution in [-0.2, 0) is 4.79 Å². The Balaban J connectivity index is 2.08. The number of hydrogen-bond donors (Lipinski definition) is 2. The second kappa shape index (κ2) is 3.43. The predicted molar refractivity (Wildman–Crippen MR) is 48.6 cm³/mol. The molecule has 1 aliphatic rings. The second-order valence-electron chi connectivity index (χ2n) is 3.13. The first-order chi connectivity index (χ1) is 6.27. The van der Waals surface area contributed by atoms with Gasteiger partial charge in [-0.05, 0) is 12.8 Å². The largest absolute Gasteiger partial charge is 0.480 e. The van der Waals surface area contributed by atoms with Gasteiger partial charge < -0.3 is 5.11 Å². The number of rotatable bonds is 4. The Kier molecular flexibility index (Phi) is 2.28. The first kappa shape index (κ1) is 8.65. The van der Waals surface area contributed by atoms with Gasteiger partial charge in [0, 0.05) is 11.4 Å². The van der Waals surface area contributed by atoms with Crippen molar-refractivity contribution < 1.29 is 9.90 Å². The van der Waals surface area contributed by atoms with Gasteiger partial charge in [0.2, 0.25) is 0 Å². The Morgan fingerprint density at radius 3 is 3.00 bits per heavy atom. The molecule has 1 aromatic rings. The molecule has 1 aliphatic carbocycles. The minimum atomic E-state index is -0.849. The van der Waals surface area contributed by atoms with E-state index in [1.807, 2.05) is 0 Å². The van der Waals surface area contributed by atoms with Crippen molar-refractivity contribution in [2.45, 2.75) is 24.9 Å². The van der Waals surface area contributed by atoms with Gasteiger partial charge in [0.15, 0.2) is 0 Å². The first-order valence-electron chi connectivity index (χ1n) is 4.14. The van der Waals surface area contributed by atoms with Gasteiger partial charge in [-0.1, -0.05) is 0 Å². The van der Waals surface area contributed by atoms with Crippen LogP contribution in [0.3, 0.4) is 0 Å². The van der Waals surface area contributed by atoms with Crippen molar-refractivity contribution in [2.24, 2.45) is 0 Å². The van der Waals surface area contributed by atoms with Crippen LogP contribution in [0.5, 0.6) is 0 Å². The molecular weight excluding hydrogens is 188 g/mol. The van der Waals surface area contributed by atoms with E-state index in [1.165, 1.54) is 11.3 Å². The van der Waals surface area contributed by atoms with E-state index in [0.717, 1.165) is 12.8 Å². The number of carboxylic acids is 1. The van der Waals surface area contributed by atoms with Gasteiger partial charge >= 0.3 is 5.97 Å². The number of carboxylic acid groups (broad SMARTS) is 1. The van der Waals surface area contributed by atoms with Crippen molar-refractivity contribution >= 4 is 17.3 Å². The van der Waals surface area contributed by atoms with Crippen LogP contribution in [0.15, 0.2) is 10.9 Å². The van der Waals surface area contributed by atoms with Gasteiger partial charge in [0.25, 0.3) is 0 Å². The lowest BCUT2D eigenvalue weighted by molar-refractivity contribution is -0.139. The Hall–Kier alpha value is -0.940. The van der Waals surface area contributed by atoms with Crippen LogP contribution in [-0.4, -0.2) is 22.1 Å². The number of aliphatic carboxylic acids is 1. The summed E-state index contributed by atoms with van der Waals surface area (Å²) in [5.41, 5.74) is 2.27. The van der Waals surface area contributed by atoms with Crippen LogP contribution in [0.1, 0.15) is 24.6 Å². The van der Waals surface area contributed by atoms with E-state index in [2.05, 4.69) is 10.3 Å². The highest BCUT2D eigenvalue weighted by atomic mass is 32.1. The lowest BCUT2D eigenvalue weighted by Crippen LogP contribution is -2.30. The second-order valence-corrected chi connectivity index (χ2v) is 3.84. The van der Waals surface area contributed by atoms with E-state index in [0.29, 0.717) is 11.7 Å². The fourth-order valence-corrected chi connectivity index (χ4v) is 1.71. The lowest BCUT2D eigenvalue weighted by Gasteiger charge is -2.10. The van der Waals surface area contributed by atoms with Crippen molar-refractivity contribution in [3.63, 3.8) is 0 Å². The van der Waals surface area contributed by atoms with Crippen molar-refractivity contribution in [3.8, 4) is 0 Å². The molecule has 1 unspecified atom stereocenters. The highest BCUT2D eigenvalue weighted by Gasteiger charge is 2.30. The quantitative estimate of drug-likeness (QED) is 0.758. The van der Waals surface area contributed by atoms with Gasteiger partial charge in [-0.2, -0.15) is 0 Å². The maximum atomic E-state index is 10.9. The summed E-state index contributed by atoms with van der Waals surface area (Å²) in [6, 6.07) is -0.249. The van der Waals surface area contributed by atoms with Crippen LogP contribution >= 0.6 is 11.3 Å². The smallest absolute Gasteiger partial charge is 0.327 e. The van der Waals surface area contributed by atoms with Crippen molar-refractivity contribution in [2.75, 3.05) is 0 Å². The number of thiazole rings is 1. The highest BCUT2D eigenvalue weighted by molar-refractivity contribution is 7.07. The SMILES string of the molecule is O=C(O)C(NC1CC1)c1cscn1. The fourth-order valence-electron chi connectivity index (χ4n) is 1.13. The van der Waals surface area contributed by atoms with Gasteiger partial charge in [-0.3, -0.25) is 10.1 Å². The molecule has 2 N–H and O–H groups in total. The molecule has 0 aliphatic heterocycles. The van der Waals surface area contributed by atoms with Crippen LogP contribution in [0, 0.1) is 0 Å². The fraction of sp³-hybridized carbons (Fsp3) is 0.500. The summed E-state index contributed by atoms with van der Waals surface area (Å²) in [4.78, 5) is 14.9. The van der Waals surface area contributed by atoms with Gasteiger partial charge in [-0.15, -0.1) is 11.3 Å². The van der Waals surface area contributed by atoms with E-state index in [9.17, 15) is 4.79 Å². The van der Waals surface area contributed by atoms with Crippen molar-refractivity contribution in [1.82, 2.24) is 10.3 Å². The Morgan fingerprint density at radius 1 is 1.77 bits per heavy atom. The zero-order valence-electron chi connectivity index (χ0n) is 6.93. The maximum Gasteiger partial charge on any atom is 0.327 e. The molecule has 1 aromatic heterocycles. The molecule has 4 nitrogen and oxygen atoms in total. The number of aromatic nitrogens is 1. The molecule has 1 atom stereocenters. The number of hydrogen-bond acceptors (Lipinski definition) is 4. The van der Waals surface area contributed by atoms with E-state index in [4.69, 9.17) is 5.11 Å². The third kappa shape index (κ3) is 2.05. The third-order valence-electron chi connectivity index (χ3n) is 1.97. The first-order valence-corrected chi connectivity index (χ1v) is 5.08. The Labute approximate surface area is 79.6 Å². The summed E-state index contributed by atoms with van der Waals surface area (Å²) in [7, 11) is 0. The Bertz CT molecular complexity index is 295. The van der Waals surface area contributed by atoms with E-state index < -0.39 is 12.0 Å². The predicted octanol–water partition coefficient (Wildman–Crippen LogP) is 1.02. The maximum absolute atomic E-state index is 10.9. The minimum Gasteiger partial charge on any atom is -0.480 e. The summed E-state index contributed by atoms with van der Waals surface area (Å²) in [5.74, 6) is -0.849. The van der Waals surface area contributed by atoms with Crippen LogP contribution < -0.4 is 5.32 Å². The summed E-state index contributed by atoms with van der Waals surface area (Å²) >= 11 is 1.42. The molecule has 1 fully saturated rings. The number of nitrogens with one attached hydrogen (secondary N) is 1. The number of nitrogens with zero attached hydrogens (tertiary/aromatic N) is 1. The molecule has 1 heterocycles. The molecule has 5 heteroatoms. The molecule has 0 aromatic carbocycles. The van der Waals surface area contributed by atoms with Gasteiger partial charge in [0.05, 0.1) is 11.2 Å². The molecule has 0 saturated heterocycles. The summed E-state index contributed by atoms with van der Waals surface area (Å²) in [6.45, 7) is 0. The van der Waals surface area contributed by atoms with Gasteiger partial charge in [-0.25, -0.2) is 4.98 Å². The van der Waals surface area contributed by atoms with E-state index >= 15 is 0 Å². The standard InChI is InChI=1S/C8H10N2O2S/c11-8(12)7(10-5-1-2-5)6-3-13-4-9-6/h3-5,7,10H,1-2H2,(H,11,12). The molecule has 1 saturated carbocycles. The molecule has 2 rings (SSSR count). The molecule has 0 spiro atoms. The van der Waals surface area contributed by atoms with Crippen LogP contribution in [0.25, 0.3) is 0 Å². The molecular formula is C8H10N2O2S. The van der Waals surface area contributed by atoms with E-state index in [-0.39, 0.29) is 0 Å². The van der Waals surface area contributed by atoms with Gasteiger partial charge in [0.1, 0.15) is 6.04 Å². The lowest BCUT2D eigenvalue weighted by atomic mass is 10.2. The summed E-state index contributed by atoms with van der Waals surface area (Å²) in [5, 5.41) is 13.7. The molecule has 0 bridgehead atoms. The summed E-state index contributed by atoms with van der Waals surface area (Å²) < 4.78 is 0. The third-order valence-corrected chi connectivity index (χ3v) is 2.58. The monoisotopic (exact) mass is 198 g/mol. The number of carbonyl (C=O) groups is 1. The van der Waals surface area contributed by atoms with Crippen LogP contribution in [0.4, 0.5) is 0 Å². The average molecular weight is 198 g/mol. The van der Waals surface area contributed by atoms with Crippen molar-refractivity contribution in [3.05, 3.63) is 16.6 Å². The topological polar surface area (TPSA) is 62.2 Å². The molecule has 0 radical (unpaired) electrons. The Morgan fingerprint density at radius 2 is 2.54 bits per heavy atom. The van der Waals surface area contributed by atoms with Crippen LogP contribution in [0.2, 0.25) is 0 Å². The summed E-state index contributed by atoms with van der Waals surface area (Å²) in [6.07, 6.45) is 2.15. The average Bonchev–Trinajstić information content (AvgIpc) is 2.75. The zero-order chi connectivity index (χ0) is 9.26. The minimum absolute atomic E-state index is 0.378.